The minimum absolute atomic E-state index is 0.0330. The molecule has 1 atom stereocenters. The zero-order valence-corrected chi connectivity index (χ0v) is 14.4. The molecule has 6 heteroatoms. The summed E-state index contributed by atoms with van der Waals surface area (Å²) in [6, 6.07) is 14.4. The molecule has 2 aromatic heterocycles. The number of pyridine rings is 1. The maximum atomic E-state index is 12.1. The second kappa shape index (κ2) is 7.49. The van der Waals surface area contributed by atoms with E-state index >= 15 is 0 Å². The number of nitrogens with zero attached hydrogens (tertiary/aromatic N) is 2. The fourth-order valence-electron chi connectivity index (χ4n) is 2.56. The molecule has 0 aliphatic carbocycles. The highest BCUT2D eigenvalue weighted by atomic mass is 35.5. The fraction of sp³-hybridized carbons (Fsp3) is 0.211. The van der Waals surface area contributed by atoms with Gasteiger partial charge in [0.15, 0.2) is 0 Å². The molecule has 0 aliphatic heterocycles. The fourth-order valence-corrected chi connectivity index (χ4v) is 2.72. The van der Waals surface area contributed by atoms with Gasteiger partial charge in [0.25, 0.3) is 5.56 Å². The summed E-state index contributed by atoms with van der Waals surface area (Å²) in [6.07, 6.45) is 1.77. The molecule has 2 heterocycles. The smallest absolute Gasteiger partial charge is 0.306 e. The van der Waals surface area contributed by atoms with Crippen LogP contribution in [0.4, 0.5) is 0 Å². The molecule has 0 aliphatic rings. The molecule has 3 rings (SSSR count). The van der Waals surface area contributed by atoms with E-state index in [2.05, 4.69) is 4.98 Å². The van der Waals surface area contributed by atoms with Gasteiger partial charge >= 0.3 is 5.97 Å². The molecule has 25 heavy (non-hydrogen) atoms. The van der Waals surface area contributed by atoms with Gasteiger partial charge in [0.2, 0.25) is 0 Å². The summed E-state index contributed by atoms with van der Waals surface area (Å²) in [5.74, 6) is -0.263. The second-order valence-electron chi connectivity index (χ2n) is 5.84. The van der Waals surface area contributed by atoms with Crippen LogP contribution in [0.15, 0.2) is 59.5 Å². The Labute approximate surface area is 149 Å². The first-order valence-electron chi connectivity index (χ1n) is 7.91. The van der Waals surface area contributed by atoms with Crippen LogP contribution in [0.3, 0.4) is 0 Å². The van der Waals surface area contributed by atoms with E-state index in [0.717, 1.165) is 5.56 Å². The van der Waals surface area contributed by atoms with Crippen LogP contribution < -0.4 is 5.56 Å². The van der Waals surface area contributed by atoms with Crippen molar-refractivity contribution >= 4 is 23.2 Å². The third-order valence-corrected chi connectivity index (χ3v) is 4.12. The van der Waals surface area contributed by atoms with E-state index in [9.17, 15) is 9.59 Å². The molecule has 0 fully saturated rings. The Balaban J connectivity index is 1.65. The average Bonchev–Trinajstić information content (AvgIpc) is 2.61. The van der Waals surface area contributed by atoms with Crippen molar-refractivity contribution in [2.75, 3.05) is 0 Å². The van der Waals surface area contributed by atoms with Crippen LogP contribution in [0.25, 0.3) is 5.65 Å². The van der Waals surface area contributed by atoms with Crippen molar-refractivity contribution in [2.45, 2.75) is 25.9 Å². The van der Waals surface area contributed by atoms with Crippen LogP contribution in [-0.2, 0) is 16.1 Å². The van der Waals surface area contributed by atoms with Crippen molar-refractivity contribution in [1.29, 1.82) is 0 Å². The normalized spacial score (nSPS) is 12.1. The number of fused-ring (bicyclic) bond motifs is 1. The first-order valence-corrected chi connectivity index (χ1v) is 8.29. The van der Waals surface area contributed by atoms with Gasteiger partial charge in [0.05, 0.1) is 17.1 Å². The molecule has 5 nitrogen and oxygen atoms in total. The van der Waals surface area contributed by atoms with Gasteiger partial charge < -0.3 is 4.74 Å². The van der Waals surface area contributed by atoms with E-state index in [0.29, 0.717) is 16.4 Å². The largest absolute Gasteiger partial charge is 0.459 e. The van der Waals surface area contributed by atoms with Crippen molar-refractivity contribution in [2.24, 2.45) is 0 Å². The van der Waals surface area contributed by atoms with Crippen LogP contribution in [0.2, 0.25) is 5.02 Å². The topological polar surface area (TPSA) is 60.7 Å². The van der Waals surface area contributed by atoms with Crippen LogP contribution in [0.5, 0.6) is 0 Å². The minimum atomic E-state index is -0.325. The predicted octanol–water partition coefficient (Wildman–Crippen LogP) is 3.58. The highest BCUT2D eigenvalue weighted by molar-refractivity contribution is 6.30. The van der Waals surface area contributed by atoms with Gasteiger partial charge in [0, 0.05) is 12.3 Å². The predicted molar refractivity (Wildman–Crippen MR) is 95.7 cm³/mol. The first-order chi connectivity index (χ1) is 12.0. The van der Waals surface area contributed by atoms with E-state index in [1.165, 1.54) is 16.7 Å². The van der Waals surface area contributed by atoms with E-state index in [1.54, 1.807) is 12.1 Å². The minimum Gasteiger partial charge on any atom is -0.459 e. The molecular formula is C19H17ClN2O3. The molecule has 3 aromatic rings. The number of aromatic nitrogens is 2. The first kappa shape index (κ1) is 17.2. The number of hydrogen-bond acceptors (Lipinski definition) is 4. The van der Waals surface area contributed by atoms with Crippen molar-refractivity contribution in [3.63, 3.8) is 0 Å². The lowest BCUT2D eigenvalue weighted by molar-refractivity contribution is -0.145. The lowest BCUT2D eigenvalue weighted by atomic mass is 9.98. The molecule has 128 valence electrons. The second-order valence-corrected chi connectivity index (χ2v) is 6.27. The summed E-state index contributed by atoms with van der Waals surface area (Å²) in [5.41, 5.74) is 1.68. The van der Waals surface area contributed by atoms with Crippen molar-refractivity contribution in [3.8, 4) is 0 Å². The van der Waals surface area contributed by atoms with E-state index in [1.807, 2.05) is 37.3 Å². The van der Waals surface area contributed by atoms with Gasteiger partial charge in [-0.15, -0.1) is 0 Å². The molecule has 1 unspecified atom stereocenters. The number of hydrogen-bond donors (Lipinski definition) is 0. The lowest BCUT2D eigenvalue weighted by Crippen LogP contribution is -2.17. The molecule has 0 N–H and O–H groups in total. The number of esters is 1. The molecule has 0 saturated heterocycles. The summed E-state index contributed by atoms with van der Waals surface area (Å²) in [4.78, 5) is 28.4. The van der Waals surface area contributed by atoms with E-state index in [-0.39, 0.29) is 30.5 Å². The SMILES string of the molecule is CC(CC(=O)OCc1cc(=O)n2cc(Cl)ccc2n1)c1ccccc1. The summed E-state index contributed by atoms with van der Waals surface area (Å²) in [5, 5.41) is 0.450. The van der Waals surface area contributed by atoms with Gasteiger partial charge in [-0.2, -0.15) is 0 Å². The number of benzene rings is 1. The van der Waals surface area contributed by atoms with Gasteiger partial charge in [-0.1, -0.05) is 48.9 Å². The van der Waals surface area contributed by atoms with Crippen LogP contribution in [0.1, 0.15) is 30.5 Å². The van der Waals surface area contributed by atoms with Gasteiger partial charge in [0.1, 0.15) is 12.3 Å². The Kier molecular flexibility index (Phi) is 5.14. The van der Waals surface area contributed by atoms with Gasteiger partial charge in [-0.3, -0.25) is 14.0 Å². The molecule has 1 aromatic carbocycles. The Morgan fingerprint density at radius 3 is 2.76 bits per heavy atom. The Morgan fingerprint density at radius 2 is 2.00 bits per heavy atom. The van der Waals surface area contributed by atoms with Gasteiger partial charge in [-0.05, 0) is 23.6 Å². The lowest BCUT2D eigenvalue weighted by Gasteiger charge is -2.11. The van der Waals surface area contributed by atoms with Crippen LogP contribution >= 0.6 is 11.6 Å². The van der Waals surface area contributed by atoms with Crippen molar-refractivity contribution < 1.29 is 9.53 Å². The maximum absolute atomic E-state index is 12.1. The number of carbonyl (C=O) groups is 1. The van der Waals surface area contributed by atoms with Crippen molar-refractivity contribution in [1.82, 2.24) is 9.38 Å². The number of ether oxygens (including phenoxy) is 1. The molecule has 0 saturated carbocycles. The highest BCUT2D eigenvalue weighted by Gasteiger charge is 2.13. The monoisotopic (exact) mass is 356 g/mol. The third-order valence-electron chi connectivity index (χ3n) is 3.90. The van der Waals surface area contributed by atoms with Crippen molar-refractivity contribution in [3.05, 3.63) is 81.4 Å². The Bertz CT molecular complexity index is 954. The van der Waals surface area contributed by atoms with Gasteiger partial charge in [-0.25, -0.2) is 4.98 Å². The summed E-state index contributed by atoms with van der Waals surface area (Å²) in [6.45, 7) is 1.94. The summed E-state index contributed by atoms with van der Waals surface area (Å²) in [7, 11) is 0. The number of rotatable bonds is 5. The average molecular weight is 357 g/mol. The maximum Gasteiger partial charge on any atom is 0.306 e. The van der Waals surface area contributed by atoms with Crippen LogP contribution in [0, 0.1) is 0 Å². The summed E-state index contributed by atoms with van der Waals surface area (Å²) >= 11 is 5.88. The van der Waals surface area contributed by atoms with E-state index in [4.69, 9.17) is 16.3 Å². The third kappa shape index (κ3) is 4.25. The molecule has 0 amide bonds. The Morgan fingerprint density at radius 1 is 1.24 bits per heavy atom. The highest BCUT2D eigenvalue weighted by Crippen LogP contribution is 2.19. The quantitative estimate of drug-likeness (QED) is 0.655. The molecule has 0 spiro atoms. The summed E-state index contributed by atoms with van der Waals surface area (Å²) < 4.78 is 6.62. The molecule has 0 radical (unpaired) electrons. The molecular weight excluding hydrogens is 340 g/mol. The zero-order valence-electron chi connectivity index (χ0n) is 13.7. The van der Waals surface area contributed by atoms with E-state index < -0.39 is 0 Å². The zero-order chi connectivity index (χ0) is 17.8. The standard InChI is InChI=1S/C19H17ClN2O3/c1-13(14-5-3-2-4-6-14)9-19(24)25-12-16-10-18(23)22-11-15(20)7-8-17(22)21-16/h2-8,10-11,13H,9,12H2,1H3. The number of halogens is 1. The Hall–Kier alpha value is -2.66. The number of carbonyl (C=O) groups excluding carboxylic acids is 1. The molecule has 0 bridgehead atoms. The van der Waals surface area contributed by atoms with Crippen LogP contribution in [-0.4, -0.2) is 15.4 Å².